The predicted molar refractivity (Wildman–Crippen MR) is 118 cm³/mol. The summed E-state index contributed by atoms with van der Waals surface area (Å²) in [7, 11) is 0. The molecule has 146 valence electrons. The molecule has 0 saturated heterocycles. The summed E-state index contributed by atoms with van der Waals surface area (Å²) >= 11 is 7.63. The van der Waals surface area contributed by atoms with E-state index in [0.29, 0.717) is 6.54 Å². The second-order valence-corrected chi connectivity index (χ2v) is 8.02. The molecule has 0 fully saturated rings. The van der Waals surface area contributed by atoms with Crippen molar-refractivity contribution in [2.24, 2.45) is 0 Å². The third-order valence-corrected chi connectivity index (χ3v) is 5.71. The van der Waals surface area contributed by atoms with Crippen molar-refractivity contribution < 1.29 is 0 Å². The molecule has 5 nitrogen and oxygen atoms in total. The normalized spacial score (nSPS) is 10.9. The Morgan fingerprint density at radius 2 is 1.86 bits per heavy atom. The highest BCUT2D eigenvalue weighted by Crippen LogP contribution is 2.25. The Bertz CT molecular complexity index is 1110. The van der Waals surface area contributed by atoms with E-state index in [9.17, 15) is 0 Å². The average Bonchev–Trinajstić information content (AvgIpc) is 3.20. The largest absolute Gasteiger partial charge is 0.364 e. The van der Waals surface area contributed by atoms with Gasteiger partial charge in [-0.05, 0) is 43.7 Å². The summed E-state index contributed by atoms with van der Waals surface area (Å²) in [4.78, 5) is 18.1. The molecular weight excluding hydrogens is 402 g/mol. The zero-order chi connectivity index (χ0) is 20.2. The summed E-state index contributed by atoms with van der Waals surface area (Å²) < 4.78 is 0. The first kappa shape index (κ1) is 19.5. The summed E-state index contributed by atoms with van der Waals surface area (Å²) in [5, 5.41) is 7.22. The molecule has 4 rings (SSSR count). The number of anilines is 1. The lowest BCUT2D eigenvalue weighted by atomic mass is 10.0. The van der Waals surface area contributed by atoms with Crippen LogP contribution in [-0.2, 0) is 13.0 Å². The maximum absolute atomic E-state index is 6.01. The van der Waals surface area contributed by atoms with Crippen LogP contribution in [0.4, 0.5) is 5.82 Å². The summed E-state index contributed by atoms with van der Waals surface area (Å²) in [6.07, 6.45) is 4.34. The zero-order valence-electron chi connectivity index (χ0n) is 16.2. The Balaban J connectivity index is 1.54. The minimum Gasteiger partial charge on any atom is -0.364 e. The first-order chi connectivity index (χ1) is 14.1. The Kier molecular flexibility index (Phi) is 5.83. The van der Waals surface area contributed by atoms with E-state index < -0.39 is 0 Å². The van der Waals surface area contributed by atoms with Gasteiger partial charge in [0, 0.05) is 46.0 Å². The van der Waals surface area contributed by atoms with E-state index in [1.807, 2.05) is 56.4 Å². The molecule has 0 atom stereocenters. The van der Waals surface area contributed by atoms with Gasteiger partial charge in [-0.25, -0.2) is 15.0 Å². The van der Waals surface area contributed by atoms with Crippen LogP contribution in [-0.4, -0.2) is 19.9 Å². The van der Waals surface area contributed by atoms with E-state index in [1.165, 1.54) is 5.56 Å². The standard InChI is InChI=1S/C22H20ClN5S/c1-14-20(10-16-5-7-18(23)8-6-16)21(27-15(2)26-14)25-12-19-13-29-22(28-19)17-4-3-9-24-11-17/h3-9,11,13H,10,12H2,1-2H3,(H,25,26,27). The Morgan fingerprint density at radius 3 is 2.62 bits per heavy atom. The van der Waals surface area contributed by atoms with Crippen LogP contribution in [0.1, 0.15) is 28.3 Å². The van der Waals surface area contributed by atoms with Gasteiger partial charge in [-0.2, -0.15) is 0 Å². The van der Waals surface area contributed by atoms with Crippen molar-refractivity contribution in [2.75, 3.05) is 5.32 Å². The van der Waals surface area contributed by atoms with Crippen LogP contribution in [0.3, 0.4) is 0 Å². The third-order valence-electron chi connectivity index (χ3n) is 4.52. The van der Waals surface area contributed by atoms with Gasteiger partial charge in [-0.1, -0.05) is 23.7 Å². The summed E-state index contributed by atoms with van der Waals surface area (Å²) in [6, 6.07) is 11.8. The molecule has 7 heteroatoms. The van der Waals surface area contributed by atoms with E-state index in [0.717, 1.165) is 50.6 Å². The van der Waals surface area contributed by atoms with Gasteiger partial charge < -0.3 is 5.32 Å². The predicted octanol–water partition coefficient (Wildman–Crippen LogP) is 5.47. The first-order valence-corrected chi connectivity index (χ1v) is 10.5. The molecular formula is C22H20ClN5S. The summed E-state index contributed by atoms with van der Waals surface area (Å²) in [5.41, 5.74) is 5.23. The SMILES string of the molecule is Cc1nc(C)c(Cc2ccc(Cl)cc2)c(NCc2csc(-c3cccnc3)n2)n1. The van der Waals surface area contributed by atoms with E-state index in [-0.39, 0.29) is 0 Å². The van der Waals surface area contributed by atoms with Crippen molar-refractivity contribution in [3.05, 3.63) is 87.5 Å². The average molecular weight is 422 g/mol. The lowest BCUT2D eigenvalue weighted by Crippen LogP contribution is -2.10. The van der Waals surface area contributed by atoms with E-state index in [1.54, 1.807) is 17.5 Å². The van der Waals surface area contributed by atoms with Gasteiger partial charge >= 0.3 is 0 Å². The van der Waals surface area contributed by atoms with E-state index in [4.69, 9.17) is 16.6 Å². The van der Waals surface area contributed by atoms with E-state index in [2.05, 4.69) is 25.6 Å². The Labute approximate surface area is 178 Å². The maximum atomic E-state index is 6.01. The van der Waals surface area contributed by atoms with Crippen molar-refractivity contribution in [2.45, 2.75) is 26.8 Å². The van der Waals surface area contributed by atoms with Crippen LogP contribution >= 0.6 is 22.9 Å². The molecule has 29 heavy (non-hydrogen) atoms. The number of thiazole rings is 1. The monoisotopic (exact) mass is 421 g/mol. The highest BCUT2D eigenvalue weighted by Gasteiger charge is 2.12. The molecule has 0 radical (unpaired) electrons. The van der Waals surface area contributed by atoms with Crippen LogP contribution in [0.2, 0.25) is 5.02 Å². The molecule has 3 aromatic heterocycles. The number of aromatic nitrogens is 4. The molecule has 1 aromatic carbocycles. The van der Waals surface area contributed by atoms with Crippen molar-refractivity contribution in [3.63, 3.8) is 0 Å². The first-order valence-electron chi connectivity index (χ1n) is 9.26. The number of benzene rings is 1. The highest BCUT2D eigenvalue weighted by molar-refractivity contribution is 7.13. The van der Waals surface area contributed by atoms with Crippen LogP contribution in [0.15, 0.2) is 54.2 Å². The fourth-order valence-corrected chi connectivity index (χ4v) is 4.02. The quantitative estimate of drug-likeness (QED) is 0.447. The third kappa shape index (κ3) is 4.78. The second kappa shape index (κ2) is 8.68. The zero-order valence-corrected chi connectivity index (χ0v) is 17.8. The highest BCUT2D eigenvalue weighted by atomic mass is 35.5. The molecule has 4 aromatic rings. The molecule has 3 heterocycles. The van der Waals surface area contributed by atoms with Crippen LogP contribution in [0.25, 0.3) is 10.6 Å². The van der Waals surface area contributed by atoms with E-state index >= 15 is 0 Å². The number of rotatable bonds is 6. The van der Waals surface area contributed by atoms with Gasteiger partial charge in [-0.15, -0.1) is 11.3 Å². The van der Waals surface area contributed by atoms with Crippen LogP contribution < -0.4 is 5.32 Å². The molecule has 0 amide bonds. The topological polar surface area (TPSA) is 63.6 Å². The summed E-state index contributed by atoms with van der Waals surface area (Å²) in [6.45, 7) is 4.53. The van der Waals surface area contributed by atoms with Gasteiger partial charge in [0.05, 0.1) is 12.2 Å². The molecule has 0 aliphatic carbocycles. The molecule has 0 bridgehead atoms. The maximum Gasteiger partial charge on any atom is 0.133 e. The van der Waals surface area contributed by atoms with Crippen molar-refractivity contribution in [3.8, 4) is 10.6 Å². The number of aryl methyl sites for hydroxylation is 2. The number of halogens is 1. The van der Waals surface area contributed by atoms with Crippen molar-refractivity contribution >= 4 is 28.8 Å². The Hall–Kier alpha value is -2.83. The smallest absolute Gasteiger partial charge is 0.133 e. The Morgan fingerprint density at radius 1 is 1.03 bits per heavy atom. The molecule has 1 N–H and O–H groups in total. The molecule has 0 aliphatic heterocycles. The van der Waals surface area contributed by atoms with Crippen LogP contribution in [0, 0.1) is 13.8 Å². The molecule has 0 spiro atoms. The summed E-state index contributed by atoms with van der Waals surface area (Å²) in [5.74, 6) is 1.60. The van der Waals surface area contributed by atoms with Gasteiger partial charge in [0.2, 0.25) is 0 Å². The van der Waals surface area contributed by atoms with Gasteiger partial charge in [0.1, 0.15) is 16.6 Å². The molecule has 0 unspecified atom stereocenters. The van der Waals surface area contributed by atoms with Crippen LogP contribution in [0.5, 0.6) is 0 Å². The lowest BCUT2D eigenvalue weighted by molar-refractivity contribution is 0.940. The fourth-order valence-electron chi connectivity index (χ4n) is 3.08. The van der Waals surface area contributed by atoms with Crippen molar-refractivity contribution in [1.82, 2.24) is 19.9 Å². The molecule has 0 saturated carbocycles. The van der Waals surface area contributed by atoms with Gasteiger partial charge in [-0.3, -0.25) is 4.98 Å². The number of pyridine rings is 1. The van der Waals surface area contributed by atoms with Crippen molar-refractivity contribution in [1.29, 1.82) is 0 Å². The van der Waals surface area contributed by atoms with Gasteiger partial charge in [0.25, 0.3) is 0 Å². The number of nitrogens with one attached hydrogen (secondary N) is 1. The lowest BCUT2D eigenvalue weighted by Gasteiger charge is -2.14. The number of nitrogens with zero attached hydrogens (tertiary/aromatic N) is 4. The second-order valence-electron chi connectivity index (χ2n) is 6.73. The number of hydrogen-bond acceptors (Lipinski definition) is 6. The van der Waals surface area contributed by atoms with Gasteiger partial charge in [0.15, 0.2) is 0 Å². The molecule has 0 aliphatic rings. The number of hydrogen-bond donors (Lipinski definition) is 1. The minimum absolute atomic E-state index is 0.597. The fraction of sp³-hybridized carbons (Fsp3) is 0.182. The minimum atomic E-state index is 0.597.